The zero-order chi connectivity index (χ0) is 13.9. The van der Waals surface area contributed by atoms with E-state index in [-0.39, 0.29) is 17.5 Å². The average molecular weight is 331 g/mol. The van der Waals surface area contributed by atoms with Gasteiger partial charge in [-0.15, -0.1) is 0 Å². The summed E-state index contributed by atoms with van der Waals surface area (Å²) in [4.78, 5) is 0. The summed E-state index contributed by atoms with van der Waals surface area (Å²) in [6, 6.07) is 5.05. The van der Waals surface area contributed by atoms with Gasteiger partial charge in [-0.05, 0) is 37.0 Å². The molecule has 0 amide bonds. The van der Waals surface area contributed by atoms with Crippen LogP contribution in [-0.2, 0) is 11.2 Å². The van der Waals surface area contributed by atoms with Crippen LogP contribution in [0.5, 0.6) is 0 Å². The van der Waals surface area contributed by atoms with Crippen LogP contribution < -0.4 is 11.3 Å². The number of benzene rings is 1. The molecule has 0 aliphatic heterocycles. The van der Waals surface area contributed by atoms with E-state index < -0.39 is 0 Å². The number of hydrazine groups is 1. The molecule has 1 aromatic carbocycles. The third-order valence-electron chi connectivity index (χ3n) is 4.13. The summed E-state index contributed by atoms with van der Waals surface area (Å²) in [6.45, 7) is 0. The van der Waals surface area contributed by atoms with Crippen molar-refractivity contribution in [3.63, 3.8) is 0 Å². The average Bonchev–Trinajstić information content (AvgIpc) is 2.88. The Hall–Kier alpha value is -0.490. The highest BCUT2D eigenvalue weighted by atomic mass is 79.9. The topological polar surface area (TPSA) is 47.3 Å². The molecule has 1 saturated carbocycles. The van der Waals surface area contributed by atoms with Gasteiger partial charge in [-0.25, -0.2) is 4.39 Å². The molecule has 1 aromatic rings. The second-order valence-electron chi connectivity index (χ2n) is 5.14. The van der Waals surface area contributed by atoms with Crippen molar-refractivity contribution < 1.29 is 9.13 Å². The van der Waals surface area contributed by atoms with Gasteiger partial charge in [0.15, 0.2) is 0 Å². The smallest absolute Gasteiger partial charge is 0.127 e. The first kappa shape index (κ1) is 14.9. The van der Waals surface area contributed by atoms with Crippen LogP contribution in [0, 0.1) is 5.82 Å². The van der Waals surface area contributed by atoms with Crippen LogP contribution in [0.3, 0.4) is 0 Å². The first-order chi connectivity index (χ1) is 9.11. The summed E-state index contributed by atoms with van der Waals surface area (Å²) in [6.07, 6.45) is 4.74. The van der Waals surface area contributed by atoms with Gasteiger partial charge in [0.05, 0.1) is 11.6 Å². The zero-order valence-electron chi connectivity index (χ0n) is 11.1. The lowest BCUT2D eigenvalue weighted by molar-refractivity contribution is -0.0357. The molecule has 0 spiro atoms. The maximum atomic E-state index is 13.9. The fraction of sp³-hybridized carbons (Fsp3) is 0.571. The number of rotatable bonds is 5. The molecular formula is C14H20BrFN2O. The van der Waals surface area contributed by atoms with Crippen LogP contribution >= 0.6 is 15.9 Å². The molecule has 0 heterocycles. The molecule has 3 nitrogen and oxygen atoms in total. The van der Waals surface area contributed by atoms with E-state index >= 15 is 0 Å². The van der Waals surface area contributed by atoms with Gasteiger partial charge >= 0.3 is 0 Å². The lowest BCUT2D eigenvalue weighted by atomic mass is 9.87. The summed E-state index contributed by atoms with van der Waals surface area (Å²) in [5, 5.41) is 0. The first-order valence-corrected chi connectivity index (χ1v) is 7.36. The summed E-state index contributed by atoms with van der Waals surface area (Å²) >= 11 is 3.27. The molecule has 2 rings (SSSR count). The van der Waals surface area contributed by atoms with Crippen molar-refractivity contribution in [3.8, 4) is 0 Å². The highest BCUT2D eigenvalue weighted by molar-refractivity contribution is 9.10. The molecule has 5 heteroatoms. The molecular weight excluding hydrogens is 311 g/mol. The van der Waals surface area contributed by atoms with Crippen LogP contribution in [-0.4, -0.2) is 18.8 Å². The Balaban J connectivity index is 2.18. The number of nitrogens with one attached hydrogen (secondary N) is 1. The van der Waals surface area contributed by atoms with Crippen molar-refractivity contribution in [3.05, 3.63) is 34.1 Å². The van der Waals surface area contributed by atoms with Crippen LogP contribution in [0.25, 0.3) is 0 Å². The van der Waals surface area contributed by atoms with E-state index in [0.29, 0.717) is 12.0 Å². The molecule has 3 N–H and O–H groups in total. The quantitative estimate of drug-likeness (QED) is 0.644. The minimum atomic E-state index is -0.270. The second-order valence-corrected chi connectivity index (χ2v) is 6.05. The third-order valence-corrected chi connectivity index (χ3v) is 4.63. The number of nitrogens with two attached hydrogens (primary N) is 1. The Morgan fingerprint density at radius 3 is 2.68 bits per heavy atom. The number of ether oxygens (including phenoxy) is 1. The van der Waals surface area contributed by atoms with Gasteiger partial charge in [0.25, 0.3) is 0 Å². The standard InChI is InChI=1S/C14H20BrFN2O/c1-19-14(6-2-3-7-14)13(18-17)8-10-4-5-11(15)9-12(10)16/h4-5,9,13,18H,2-3,6-8,17H2,1H3. The number of methoxy groups -OCH3 is 1. The Labute approximate surface area is 121 Å². The number of hydrogen-bond donors (Lipinski definition) is 2. The van der Waals surface area contributed by atoms with Crippen LogP contribution in [0.4, 0.5) is 4.39 Å². The predicted octanol–water partition coefficient (Wildman–Crippen LogP) is 2.92. The van der Waals surface area contributed by atoms with E-state index in [0.717, 1.165) is 30.2 Å². The normalized spacial score (nSPS) is 19.6. The maximum absolute atomic E-state index is 13.9. The van der Waals surface area contributed by atoms with Crippen LogP contribution in [0.2, 0.25) is 0 Å². The van der Waals surface area contributed by atoms with E-state index in [1.165, 1.54) is 6.07 Å². The van der Waals surface area contributed by atoms with Gasteiger partial charge in [0.2, 0.25) is 0 Å². The Kier molecular flexibility index (Phi) is 4.95. The summed E-state index contributed by atoms with van der Waals surface area (Å²) in [5.74, 6) is 5.47. The maximum Gasteiger partial charge on any atom is 0.127 e. The second kappa shape index (κ2) is 6.31. The molecule has 1 aliphatic carbocycles. The van der Waals surface area contributed by atoms with Gasteiger partial charge in [-0.1, -0.05) is 34.8 Å². The molecule has 1 fully saturated rings. The first-order valence-electron chi connectivity index (χ1n) is 6.56. The Morgan fingerprint density at radius 2 is 2.16 bits per heavy atom. The lowest BCUT2D eigenvalue weighted by Crippen LogP contribution is -2.54. The largest absolute Gasteiger partial charge is 0.377 e. The molecule has 19 heavy (non-hydrogen) atoms. The van der Waals surface area contributed by atoms with Crippen LogP contribution in [0.1, 0.15) is 31.2 Å². The molecule has 1 atom stereocenters. The minimum Gasteiger partial charge on any atom is -0.377 e. The van der Waals surface area contributed by atoms with Crippen LogP contribution in [0.15, 0.2) is 22.7 Å². The Bertz CT molecular complexity index is 435. The highest BCUT2D eigenvalue weighted by Crippen LogP contribution is 2.36. The van der Waals surface area contributed by atoms with Crippen molar-refractivity contribution in [2.24, 2.45) is 5.84 Å². The van der Waals surface area contributed by atoms with Gasteiger partial charge in [0, 0.05) is 11.6 Å². The van der Waals surface area contributed by atoms with Crippen molar-refractivity contribution in [2.45, 2.75) is 43.7 Å². The molecule has 0 saturated heterocycles. The van der Waals surface area contributed by atoms with E-state index in [9.17, 15) is 4.39 Å². The van der Waals surface area contributed by atoms with Crippen molar-refractivity contribution >= 4 is 15.9 Å². The van der Waals surface area contributed by atoms with Gasteiger partial charge < -0.3 is 4.74 Å². The third kappa shape index (κ3) is 3.16. The number of halogens is 2. The van der Waals surface area contributed by atoms with E-state index in [1.54, 1.807) is 13.2 Å². The van der Waals surface area contributed by atoms with E-state index in [1.807, 2.05) is 6.07 Å². The monoisotopic (exact) mass is 330 g/mol. The number of hydrogen-bond acceptors (Lipinski definition) is 3. The van der Waals surface area contributed by atoms with Gasteiger partial charge in [-0.2, -0.15) is 0 Å². The van der Waals surface area contributed by atoms with E-state index in [2.05, 4.69) is 21.4 Å². The van der Waals surface area contributed by atoms with E-state index in [4.69, 9.17) is 10.6 Å². The summed E-state index contributed by atoms with van der Waals surface area (Å²) in [5.41, 5.74) is 3.21. The fourth-order valence-corrected chi connectivity index (χ4v) is 3.31. The minimum absolute atomic E-state index is 0.0734. The molecule has 1 unspecified atom stereocenters. The molecule has 0 radical (unpaired) electrons. The fourth-order valence-electron chi connectivity index (χ4n) is 2.97. The van der Waals surface area contributed by atoms with Gasteiger partial charge in [-0.3, -0.25) is 11.3 Å². The predicted molar refractivity (Wildman–Crippen MR) is 77.1 cm³/mol. The summed E-state index contributed by atoms with van der Waals surface area (Å²) < 4.78 is 20.4. The molecule has 106 valence electrons. The Morgan fingerprint density at radius 1 is 1.47 bits per heavy atom. The SMILES string of the molecule is COC1(C(Cc2ccc(Br)cc2F)NN)CCCC1. The summed E-state index contributed by atoms with van der Waals surface area (Å²) in [7, 11) is 1.72. The highest BCUT2D eigenvalue weighted by Gasteiger charge is 2.41. The van der Waals surface area contributed by atoms with Gasteiger partial charge in [0.1, 0.15) is 5.82 Å². The molecule has 0 bridgehead atoms. The molecule has 0 aromatic heterocycles. The van der Waals surface area contributed by atoms with Crippen molar-refractivity contribution in [2.75, 3.05) is 7.11 Å². The lowest BCUT2D eigenvalue weighted by Gasteiger charge is -2.36. The molecule has 1 aliphatic rings. The zero-order valence-corrected chi connectivity index (χ0v) is 12.7. The van der Waals surface area contributed by atoms with Crippen molar-refractivity contribution in [1.29, 1.82) is 0 Å². The van der Waals surface area contributed by atoms with Crippen molar-refractivity contribution in [1.82, 2.24) is 5.43 Å².